The number of hydrogen-bond acceptors (Lipinski definition) is 4. The van der Waals surface area contributed by atoms with Gasteiger partial charge in [-0.05, 0) is 45.5 Å². The summed E-state index contributed by atoms with van der Waals surface area (Å²) in [6, 6.07) is 4.31. The number of rotatable bonds is 5. The smallest absolute Gasteiger partial charge is 0.253 e. The fourth-order valence-corrected chi connectivity index (χ4v) is 2.57. The van der Waals surface area contributed by atoms with E-state index in [0.29, 0.717) is 6.54 Å². The van der Waals surface area contributed by atoms with Crippen LogP contribution in [0.4, 0.5) is 10.1 Å². The number of nitrogen functional groups attached to an aromatic ring is 1. The molecule has 0 unspecified atom stereocenters. The van der Waals surface area contributed by atoms with E-state index in [2.05, 4.69) is 15.6 Å². The van der Waals surface area contributed by atoms with Crippen molar-refractivity contribution < 1.29 is 9.18 Å². The van der Waals surface area contributed by atoms with Crippen LogP contribution in [0.5, 0.6) is 0 Å². The van der Waals surface area contributed by atoms with Crippen molar-refractivity contribution in [3.05, 3.63) is 29.6 Å². The predicted octanol–water partition coefficient (Wildman–Crippen LogP) is 1.33. The number of hydrogen-bond donors (Lipinski definition) is 3. The zero-order chi connectivity index (χ0) is 14.8. The molecule has 1 saturated carbocycles. The molecule has 1 fully saturated rings. The Labute approximate surface area is 118 Å². The van der Waals surface area contributed by atoms with E-state index in [9.17, 15) is 9.18 Å². The predicted molar refractivity (Wildman–Crippen MR) is 76.8 cm³/mol. The highest BCUT2D eigenvalue weighted by Gasteiger charge is 2.39. The first-order valence-corrected chi connectivity index (χ1v) is 6.71. The standard InChI is InChI=1S/C14H21FN4O/c1-19(2)14(7-4-8-14)9-17-13(20)10-5-3-6-11(15)12(10)18-16/h3,5-6,18H,4,7-9,16H2,1-2H3,(H,17,20). The number of hydrazine groups is 1. The average molecular weight is 280 g/mol. The van der Waals surface area contributed by atoms with E-state index in [1.165, 1.54) is 18.6 Å². The Bertz CT molecular complexity index is 500. The van der Waals surface area contributed by atoms with Gasteiger partial charge < -0.3 is 15.6 Å². The number of nitrogens with one attached hydrogen (secondary N) is 2. The largest absolute Gasteiger partial charge is 0.350 e. The number of nitrogens with two attached hydrogens (primary N) is 1. The van der Waals surface area contributed by atoms with Crippen LogP contribution in [0.1, 0.15) is 29.6 Å². The minimum Gasteiger partial charge on any atom is -0.350 e. The number of nitrogens with zero attached hydrogens (tertiary/aromatic N) is 1. The lowest BCUT2D eigenvalue weighted by Gasteiger charge is -2.47. The minimum absolute atomic E-state index is 0.0255. The van der Waals surface area contributed by atoms with Gasteiger partial charge in [-0.3, -0.25) is 10.6 Å². The molecule has 1 aliphatic rings. The summed E-state index contributed by atoms with van der Waals surface area (Å²) in [4.78, 5) is 14.3. The third-order valence-corrected chi connectivity index (χ3v) is 4.21. The number of amides is 1. The van der Waals surface area contributed by atoms with Crippen molar-refractivity contribution in [3.8, 4) is 0 Å². The van der Waals surface area contributed by atoms with Crippen molar-refractivity contribution >= 4 is 11.6 Å². The maximum atomic E-state index is 13.6. The van der Waals surface area contributed by atoms with E-state index < -0.39 is 5.82 Å². The van der Waals surface area contributed by atoms with Gasteiger partial charge in [-0.2, -0.15) is 0 Å². The van der Waals surface area contributed by atoms with Crippen LogP contribution in [0.25, 0.3) is 0 Å². The number of likely N-dealkylation sites (N-methyl/N-ethyl adjacent to an activating group) is 1. The summed E-state index contributed by atoms with van der Waals surface area (Å²) in [5, 5.41) is 2.88. The number of para-hydroxylation sites is 1. The number of anilines is 1. The van der Waals surface area contributed by atoms with Gasteiger partial charge in [-0.15, -0.1) is 0 Å². The molecule has 0 radical (unpaired) electrons. The fraction of sp³-hybridized carbons (Fsp3) is 0.500. The monoisotopic (exact) mass is 280 g/mol. The van der Waals surface area contributed by atoms with E-state index in [1.807, 2.05) is 14.1 Å². The van der Waals surface area contributed by atoms with E-state index in [0.717, 1.165) is 12.8 Å². The summed E-state index contributed by atoms with van der Waals surface area (Å²) in [5.41, 5.74) is 2.52. The Kier molecular flexibility index (Phi) is 4.25. The van der Waals surface area contributed by atoms with Crippen molar-refractivity contribution in [1.29, 1.82) is 0 Å². The van der Waals surface area contributed by atoms with Crippen LogP contribution >= 0.6 is 0 Å². The molecule has 0 atom stereocenters. The lowest BCUT2D eigenvalue weighted by molar-refractivity contribution is 0.0558. The van der Waals surface area contributed by atoms with Gasteiger partial charge in [-0.25, -0.2) is 4.39 Å². The SMILES string of the molecule is CN(C)C1(CNC(=O)c2cccc(F)c2NN)CCC1. The Morgan fingerprint density at radius 1 is 1.45 bits per heavy atom. The topological polar surface area (TPSA) is 70.4 Å². The fourth-order valence-electron chi connectivity index (χ4n) is 2.57. The molecule has 0 aliphatic heterocycles. The summed E-state index contributed by atoms with van der Waals surface area (Å²) in [6.07, 6.45) is 3.29. The third kappa shape index (κ3) is 2.62. The Hall–Kier alpha value is -1.66. The lowest BCUT2D eigenvalue weighted by Crippen LogP contribution is -2.57. The minimum atomic E-state index is -0.536. The van der Waals surface area contributed by atoms with Crippen molar-refractivity contribution in [3.63, 3.8) is 0 Å². The normalized spacial score (nSPS) is 16.6. The molecule has 5 nitrogen and oxygen atoms in total. The molecule has 110 valence electrons. The molecule has 0 aromatic heterocycles. The van der Waals surface area contributed by atoms with E-state index in [4.69, 9.17) is 5.84 Å². The molecule has 1 aromatic rings. The average Bonchev–Trinajstić information content (AvgIpc) is 2.36. The first-order valence-electron chi connectivity index (χ1n) is 6.71. The zero-order valence-electron chi connectivity index (χ0n) is 11.9. The number of carbonyl (C=O) groups excluding carboxylic acids is 1. The lowest BCUT2D eigenvalue weighted by atomic mass is 9.75. The third-order valence-electron chi connectivity index (χ3n) is 4.21. The second-order valence-electron chi connectivity index (χ2n) is 5.46. The van der Waals surface area contributed by atoms with Gasteiger partial charge in [-0.1, -0.05) is 6.07 Å². The highest BCUT2D eigenvalue weighted by atomic mass is 19.1. The maximum absolute atomic E-state index is 13.6. The van der Waals surface area contributed by atoms with Crippen molar-refractivity contribution in [2.75, 3.05) is 26.1 Å². The van der Waals surface area contributed by atoms with Crippen LogP contribution in [0.15, 0.2) is 18.2 Å². The molecule has 0 saturated heterocycles. The molecular formula is C14H21FN4O. The van der Waals surface area contributed by atoms with Crippen LogP contribution in [0, 0.1) is 5.82 Å². The molecule has 0 heterocycles. The van der Waals surface area contributed by atoms with Gasteiger partial charge in [0.25, 0.3) is 5.91 Å². The van der Waals surface area contributed by atoms with E-state index in [-0.39, 0.29) is 22.7 Å². The Morgan fingerprint density at radius 2 is 2.15 bits per heavy atom. The molecule has 1 aliphatic carbocycles. The Morgan fingerprint density at radius 3 is 2.65 bits per heavy atom. The van der Waals surface area contributed by atoms with Crippen LogP contribution < -0.4 is 16.6 Å². The Balaban J connectivity index is 2.08. The summed E-state index contributed by atoms with van der Waals surface area (Å²) in [6.45, 7) is 0.555. The van der Waals surface area contributed by atoms with Crippen LogP contribution in [-0.4, -0.2) is 37.0 Å². The molecule has 6 heteroatoms. The number of halogens is 1. The molecule has 0 bridgehead atoms. The van der Waals surface area contributed by atoms with Crippen molar-refractivity contribution in [2.24, 2.45) is 5.84 Å². The number of carbonyl (C=O) groups is 1. The quantitative estimate of drug-likeness (QED) is 0.562. The van der Waals surface area contributed by atoms with Gasteiger partial charge in [0, 0.05) is 12.1 Å². The summed E-state index contributed by atoms with van der Waals surface area (Å²) in [7, 11) is 4.03. The highest BCUT2D eigenvalue weighted by molar-refractivity contribution is 5.99. The van der Waals surface area contributed by atoms with Crippen LogP contribution in [0.3, 0.4) is 0 Å². The van der Waals surface area contributed by atoms with Crippen molar-refractivity contribution in [1.82, 2.24) is 10.2 Å². The van der Waals surface area contributed by atoms with Crippen LogP contribution in [-0.2, 0) is 0 Å². The van der Waals surface area contributed by atoms with E-state index >= 15 is 0 Å². The molecule has 2 rings (SSSR count). The first kappa shape index (κ1) is 14.7. The van der Waals surface area contributed by atoms with Gasteiger partial charge in [0.15, 0.2) is 0 Å². The summed E-state index contributed by atoms with van der Waals surface area (Å²) in [5.74, 6) is 4.43. The van der Waals surface area contributed by atoms with Gasteiger partial charge in [0.2, 0.25) is 0 Å². The summed E-state index contributed by atoms with van der Waals surface area (Å²) >= 11 is 0. The number of benzene rings is 1. The molecule has 1 aromatic carbocycles. The molecule has 20 heavy (non-hydrogen) atoms. The highest BCUT2D eigenvalue weighted by Crippen LogP contribution is 2.35. The van der Waals surface area contributed by atoms with Crippen molar-refractivity contribution in [2.45, 2.75) is 24.8 Å². The van der Waals surface area contributed by atoms with Crippen LogP contribution in [0.2, 0.25) is 0 Å². The van der Waals surface area contributed by atoms with Gasteiger partial charge in [0.1, 0.15) is 5.82 Å². The van der Waals surface area contributed by atoms with Gasteiger partial charge in [0.05, 0.1) is 11.3 Å². The second kappa shape index (κ2) is 5.76. The molecule has 4 N–H and O–H groups in total. The summed E-state index contributed by atoms with van der Waals surface area (Å²) < 4.78 is 13.6. The maximum Gasteiger partial charge on any atom is 0.253 e. The first-order chi connectivity index (χ1) is 9.50. The molecule has 0 spiro atoms. The zero-order valence-corrected chi connectivity index (χ0v) is 11.9. The molecule has 1 amide bonds. The van der Waals surface area contributed by atoms with Gasteiger partial charge >= 0.3 is 0 Å². The second-order valence-corrected chi connectivity index (χ2v) is 5.46. The van der Waals surface area contributed by atoms with E-state index in [1.54, 1.807) is 6.07 Å². The molecular weight excluding hydrogens is 259 g/mol.